The molecule has 54 valence electrons. The molecule has 0 aromatic carbocycles. The van der Waals surface area contributed by atoms with E-state index in [1.807, 2.05) is 17.1 Å². The minimum absolute atomic E-state index is 0.994. The van der Waals surface area contributed by atoms with Gasteiger partial charge in [0.25, 0.3) is 0 Å². The Labute approximate surface area is 61.2 Å². The first kappa shape index (κ1) is 7.06. The summed E-state index contributed by atoms with van der Waals surface area (Å²) < 4.78 is 1.93. The van der Waals surface area contributed by atoms with Gasteiger partial charge in [0.05, 0.1) is 6.20 Å². The molecule has 0 bridgehead atoms. The SMILES string of the molecule is C=Cc1cnn(CCC)c1. The second-order valence-electron chi connectivity index (χ2n) is 2.24. The van der Waals surface area contributed by atoms with Gasteiger partial charge < -0.3 is 0 Å². The summed E-state index contributed by atoms with van der Waals surface area (Å²) >= 11 is 0. The van der Waals surface area contributed by atoms with E-state index in [0.717, 1.165) is 18.5 Å². The number of aromatic nitrogens is 2. The van der Waals surface area contributed by atoms with E-state index in [9.17, 15) is 0 Å². The predicted octanol–water partition coefficient (Wildman–Crippen LogP) is 1.94. The molecule has 1 heterocycles. The van der Waals surface area contributed by atoms with Crippen LogP contribution in [-0.2, 0) is 6.54 Å². The molecule has 1 rings (SSSR count). The van der Waals surface area contributed by atoms with Gasteiger partial charge in [0.1, 0.15) is 0 Å². The summed E-state index contributed by atoms with van der Waals surface area (Å²) in [5.41, 5.74) is 1.09. The van der Waals surface area contributed by atoms with Gasteiger partial charge in [0.15, 0.2) is 0 Å². The minimum atomic E-state index is 0.994. The fourth-order valence-corrected chi connectivity index (χ4v) is 0.836. The lowest BCUT2D eigenvalue weighted by atomic mass is 10.4. The molecule has 0 N–H and O–H groups in total. The van der Waals surface area contributed by atoms with Gasteiger partial charge in [-0.15, -0.1) is 0 Å². The molecular formula is C8H12N2. The number of hydrogen-bond donors (Lipinski definition) is 0. The molecule has 10 heavy (non-hydrogen) atoms. The van der Waals surface area contributed by atoms with Crippen LogP contribution in [0.3, 0.4) is 0 Å². The van der Waals surface area contributed by atoms with E-state index in [2.05, 4.69) is 18.6 Å². The van der Waals surface area contributed by atoms with Crippen molar-refractivity contribution in [2.45, 2.75) is 19.9 Å². The number of nitrogens with zero attached hydrogens (tertiary/aromatic N) is 2. The van der Waals surface area contributed by atoms with Gasteiger partial charge >= 0.3 is 0 Å². The molecule has 0 atom stereocenters. The molecule has 0 amide bonds. The molecule has 0 aliphatic rings. The second-order valence-corrected chi connectivity index (χ2v) is 2.24. The molecular weight excluding hydrogens is 124 g/mol. The zero-order valence-corrected chi connectivity index (χ0v) is 6.25. The molecule has 0 spiro atoms. The maximum Gasteiger partial charge on any atom is 0.0562 e. The van der Waals surface area contributed by atoms with Gasteiger partial charge in [-0.2, -0.15) is 5.10 Å². The van der Waals surface area contributed by atoms with Crippen molar-refractivity contribution in [1.82, 2.24) is 9.78 Å². The lowest BCUT2D eigenvalue weighted by Crippen LogP contribution is -1.95. The highest BCUT2D eigenvalue weighted by atomic mass is 15.3. The summed E-state index contributed by atoms with van der Waals surface area (Å²) in [4.78, 5) is 0. The second kappa shape index (κ2) is 3.20. The summed E-state index contributed by atoms with van der Waals surface area (Å²) in [6, 6.07) is 0. The highest BCUT2D eigenvalue weighted by Crippen LogP contribution is 1.98. The van der Waals surface area contributed by atoms with Crippen LogP contribution in [0.15, 0.2) is 19.0 Å². The summed E-state index contributed by atoms with van der Waals surface area (Å²) in [5.74, 6) is 0. The van der Waals surface area contributed by atoms with Crippen LogP contribution in [0, 0.1) is 0 Å². The zero-order chi connectivity index (χ0) is 7.40. The Morgan fingerprint density at radius 3 is 3.10 bits per heavy atom. The standard InChI is InChI=1S/C8H12N2/c1-3-5-10-7-8(4-2)6-9-10/h4,6-7H,2-3,5H2,1H3. The molecule has 2 heteroatoms. The highest BCUT2D eigenvalue weighted by molar-refractivity contribution is 5.43. The van der Waals surface area contributed by atoms with Gasteiger partial charge in [0.2, 0.25) is 0 Å². The Bertz CT molecular complexity index is 213. The molecule has 0 fully saturated rings. The summed E-state index contributed by atoms with van der Waals surface area (Å²) in [6.07, 6.45) is 6.75. The first-order valence-corrected chi connectivity index (χ1v) is 3.51. The Morgan fingerprint density at radius 1 is 1.80 bits per heavy atom. The summed E-state index contributed by atoms with van der Waals surface area (Å²) in [6.45, 7) is 6.78. The van der Waals surface area contributed by atoms with Crippen molar-refractivity contribution in [3.8, 4) is 0 Å². The van der Waals surface area contributed by atoms with Crippen molar-refractivity contribution >= 4 is 6.08 Å². The summed E-state index contributed by atoms with van der Waals surface area (Å²) in [7, 11) is 0. The van der Waals surface area contributed by atoms with E-state index in [1.54, 1.807) is 6.08 Å². The highest BCUT2D eigenvalue weighted by Gasteiger charge is 1.90. The molecule has 2 nitrogen and oxygen atoms in total. The van der Waals surface area contributed by atoms with Crippen LogP contribution in [0.5, 0.6) is 0 Å². The van der Waals surface area contributed by atoms with Crippen molar-refractivity contribution in [1.29, 1.82) is 0 Å². The molecule has 0 saturated heterocycles. The average Bonchev–Trinajstić information content (AvgIpc) is 2.37. The third kappa shape index (κ3) is 1.47. The average molecular weight is 136 g/mol. The van der Waals surface area contributed by atoms with Crippen LogP contribution in [0.4, 0.5) is 0 Å². The topological polar surface area (TPSA) is 17.8 Å². The lowest BCUT2D eigenvalue weighted by Gasteiger charge is -1.93. The first-order valence-electron chi connectivity index (χ1n) is 3.51. The zero-order valence-electron chi connectivity index (χ0n) is 6.25. The Kier molecular flexibility index (Phi) is 2.26. The monoisotopic (exact) mass is 136 g/mol. The third-order valence-corrected chi connectivity index (χ3v) is 1.34. The lowest BCUT2D eigenvalue weighted by molar-refractivity contribution is 0.602. The van der Waals surface area contributed by atoms with Crippen molar-refractivity contribution < 1.29 is 0 Å². The quantitative estimate of drug-likeness (QED) is 0.621. The fraction of sp³-hybridized carbons (Fsp3) is 0.375. The van der Waals surface area contributed by atoms with Gasteiger partial charge in [-0.25, -0.2) is 0 Å². The molecule has 1 aromatic rings. The Hall–Kier alpha value is -1.05. The van der Waals surface area contributed by atoms with Crippen LogP contribution < -0.4 is 0 Å². The minimum Gasteiger partial charge on any atom is -0.272 e. The normalized spacial score (nSPS) is 9.70. The van der Waals surface area contributed by atoms with Crippen LogP contribution in [0.2, 0.25) is 0 Å². The van der Waals surface area contributed by atoms with Crippen molar-refractivity contribution in [2.75, 3.05) is 0 Å². The molecule has 0 radical (unpaired) electrons. The number of hydrogen-bond acceptors (Lipinski definition) is 1. The Balaban J connectivity index is 2.68. The van der Waals surface area contributed by atoms with Crippen LogP contribution in [-0.4, -0.2) is 9.78 Å². The van der Waals surface area contributed by atoms with Crippen LogP contribution in [0.1, 0.15) is 18.9 Å². The van der Waals surface area contributed by atoms with Gasteiger partial charge in [-0.3, -0.25) is 4.68 Å². The maximum absolute atomic E-state index is 4.12. The molecule has 0 aliphatic carbocycles. The summed E-state index contributed by atoms with van der Waals surface area (Å²) in [5, 5.41) is 4.12. The van der Waals surface area contributed by atoms with E-state index in [4.69, 9.17) is 0 Å². The van der Waals surface area contributed by atoms with Crippen LogP contribution in [0.25, 0.3) is 6.08 Å². The van der Waals surface area contributed by atoms with E-state index in [1.165, 1.54) is 0 Å². The van der Waals surface area contributed by atoms with Crippen LogP contribution >= 0.6 is 0 Å². The van der Waals surface area contributed by atoms with E-state index < -0.39 is 0 Å². The van der Waals surface area contributed by atoms with E-state index in [0.29, 0.717) is 0 Å². The third-order valence-electron chi connectivity index (χ3n) is 1.34. The molecule has 0 saturated carbocycles. The first-order chi connectivity index (χ1) is 4.86. The Morgan fingerprint density at radius 2 is 2.60 bits per heavy atom. The van der Waals surface area contributed by atoms with Crippen molar-refractivity contribution in [3.05, 3.63) is 24.5 Å². The van der Waals surface area contributed by atoms with E-state index in [-0.39, 0.29) is 0 Å². The molecule has 0 aliphatic heterocycles. The largest absolute Gasteiger partial charge is 0.272 e. The van der Waals surface area contributed by atoms with Crippen molar-refractivity contribution in [2.24, 2.45) is 0 Å². The van der Waals surface area contributed by atoms with Crippen molar-refractivity contribution in [3.63, 3.8) is 0 Å². The van der Waals surface area contributed by atoms with Gasteiger partial charge in [-0.05, 0) is 6.42 Å². The van der Waals surface area contributed by atoms with E-state index >= 15 is 0 Å². The fourth-order valence-electron chi connectivity index (χ4n) is 0.836. The smallest absolute Gasteiger partial charge is 0.0562 e. The number of rotatable bonds is 3. The molecule has 1 aromatic heterocycles. The van der Waals surface area contributed by atoms with Gasteiger partial charge in [-0.1, -0.05) is 19.6 Å². The maximum atomic E-state index is 4.12. The predicted molar refractivity (Wildman–Crippen MR) is 42.6 cm³/mol. The molecule has 0 unspecified atom stereocenters. The number of aryl methyl sites for hydroxylation is 1. The van der Waals surface area contributed by atoms with Gasteiger partial charge in [0, 0.05) is 18.3 Å².